The van der Waals surface area contributed by atoms with Crippen molar-refractivity contribution in [2.75, 3.05) is 33.9 Å². The molecule has 132 valence electrons. The van der Waals surface area contributed by atoms with Crippen LogP contribution >= 0.6 is 0 Å². The van der Waals surface area contributed by atoms with E-state index in [2.05, 4.69) is 15.8 Å². The van der Waals surface area contributed by atoms with Crippen molar-refractivity contribution < 1.29 is 24.2 Å². The van der Waals surface area contributed by atoms with Gasteiger partial charge in [-0.2, -0.15) is 0 Å². The van der Waals surface area contributed by atoms with E-state index >= 15 is 0 Å². The molecule has 1 aliphatic rings. The summed E-state index contributed by atoms with van der Waals surface area (Å²) in [5, 5.41) is 19.5. The van der Waals surface area contributed by atoms with E-state index in [-0.39, 0.29) is 25.1 Å². The average Bonchev–Trinajstić information content (AvgIpc) is 3.07. The normalized spacial score (nSPS) is 19.8. The van der Waals surface area contributed by atoms with Crippen molar-refractivity contribution in [3.05, 3.63) is 24.3 Å². The third kappa shape index (κ3) is 5.39. The van der Waals surface area contributed by atoms with Crippen LogP contribution in [0.5, 0.6) is 11.5 Å². The molecule has 8 heteroatoms. The Kier molecular flexibility index (Phi) is 6.83. The van der Waals surface area contributed by atoms with E-state index in [1.807, 2.05) is 0 Å². The summed E-state index contributed by atoms with van der Waals surface area (Å²) in [5.41, 5.74) is 0.793. The molecule has 24 heavy (non-hydrogen) atoms. The lowest BCUT2D eigenvalue weighted by Crippen LogP contribution is -2.44. The fraction of sp³-hybridized carbons (Fsp3) is 0.500. The highest BCUT2D eigenvalue weighted by molar-refractivity contribution is 5.96. The molecule has 3 N–H and O–H groups in total. The molecule has 1 fully saturated rings. The van der Waals surface area contributed by atoms with Gasteiger partial charge >= 0.3 is 0 Å². The number of carbonyl (C=O) groups excluding carboxylic acids is 1. The Hall–Kier alpha value is -2.32. The maximum atomic E-state index is 12.0. The molecule has 1 saturated heterocycles. The number of ether oxygens (including phenoxy) is 2. The number of aliphatic hydroxyl groups excluding tert-OH is 1. The maximum absolute atomic E-state index is 12.0. The van der Waals surface area contributed by atoms with Gasteiger partial charge in [-0.25, -0.2) is 0 Å². The first kappa shape index (κ1) is 18.0. The second-order valence-electron chi connectivity index (χ2n) is 5.36. The van der Waals surface area contributed by atoms with Crippen LogP contribution in [0, 0.1) is 0 Å². The molecule has 1 aliphatic heterocycles. The second-order valence-corrected chi connectivity index (χ2v) is 5.36. The minimum absolute atomic E-state index is 0.0844. The lowest BCUT2D eigenvalue weighted by Gasteiger charge is -2.15. The smallest absolute Gasteiger partial charge is 0.237 e. The van der Waals surface area contributed by atoms with E-state index in [4.69, 9.17) is 14.3 Å². The lowest BCUT2D eigenvalue weighted by molar-refractivity contribution is -0.123. The Morgan fingerprint density at radius 2 is 2.08 bits per heavy atom. The predicted molar refractivity (Wildman–Crippen MR) is 88.4 cm³/mol. The molecule has 1 heterocycles. The Morgan fingerprint density at radius 1 is 1.38 bits per heavy atom. The molecule has 0 spiro atoms. The number of hydrogen-bond acceptors (Lipinski definition) is 7. The minimum atomic E-state index is -0.801. The van der Waals surface area contributed by atoms with Crippen molar-refractivity contribution in [2.45, 2.75) is 18.6 Å². The van der Waals surface area contributed by atoms with Crippen molar-refractivity contribution in [3.63, 3.8) is 0 Å². The molecule has 1 amide bonds. The Balaban J connectivity index is 1.68. The van der Waals surface area contributed by atoms with E-state index in [1.54, 1.807) is 31.4 Å². The zero-order valence-corrected chi connectivity index (χ0v) is 13.8. The van der Waals surface area contributed by atoms with E-state index in [9.17, 15) is 9.90 Å². The van der Waals surface area contributed by atoms with Crippen LogP contribution in [0.15, 0.2) is 29.4 Å². The van der Waals surface area contributed by atoms with E-state index < -0.39 is 6.10 Å². The summed E-state index contributed by atoms with van der Waals surface area (Å²) in [4.78, 5) is 16.7. The van der Waals surface area contributed by atoms with Gasteiger partial charge in [-0.05, 0) is 24.3 Å². The number of methoxy groups -OCH3 is 1. The fourth-order valence-electron chi connectivity index (χ4n) is 2.27. The largest absolute Gasteiger partial charge is 0.497 e. The number of nitrogens with one attached hydrogen (secondary N) is 2. The minimum Gasteiger partial charge on any atom is -0.497 e. The highest BCUT2D eigenvalue weighted by Crippen LogP contribution is 2.17. The lowest BCUT2D eigenvalue weighted by atomic mass is 10.2. The quantitative estimate of drug-likeness (QED) is 0.574. The number of aliphatic hydroxyl groups is 1. The highest BCUT2D eigenvalue weighted by atomic mass is 16.6. The van der Waals surface area contributed by atoms with Crippen LogP contribution < -0.4 is 20.1 Å². The van der Waals surface area contributed by atoms with Crippen molar-refractivity contribution in [1.82, 2.24) is 10.6 Å². The summed E-state index contributed by atoms with van der Waals surface area (Å²) in [6.45, 7) is 0.722. The van der Waals surface area contributed by atoms with Gasteiger partial charge in [0.1, 0.15) is 31.3 Å². The molecular weight excluding hydrogens is 314 g/mol. The third-order valence-electron chi connectivity index (χ3n) is 3.54. The van der Waals surface area contributed by atoms with Gasteiger partial charge in [0.2, 0.25) is 5.91 Å². The molecule has 2 rings (SSSR count). The zero-order chi connectivity index (χ0) is 17.4. The summed E-state index contributed by atoms with van der Waals surface area (Å²) in [7, 11) is 3.06. The van der Waals surface area contributed by atoms with Gasteiger partial charge in [0.15, 0.2) is 0 Å². The van der Waals surface area contributed by atoms with Crippen molar-refractivity contribution >= 4 is 11.6 Å². The van der Waals surface area contributed by atoms with Crippen LogP contribution in [0.4, 0.5) is 0 Å². The van der Waals surface area contributed by atoms with Gasteiger partial charge in [0, 0.05) is 19.5 Å². The van der Waals surface area contributed by atoms with Gasteiger partial charge in [-0.3, -0.25) is 4.79 Å². The molecule has 8 nitrogen and oxygen atoms in total. The number of benzene rings is 1. The summed E-state index contributed by atoms with van der Waals surface area (Å²) >= 11 is 0. The van der Waals surface area contributed by atoms with Crippen LogP contribution in [-0.4, -0.2) is 62.8 Å². The number of carbonyl (C=O) groups is 1. The van der Waals surface area contributed by atoms with E-state index in [1.165, 1.54) is 7.11 Å². The van der Waals surface area contributed by atoms with Crippen molar-refractivity contribution in [1.29, 1.82) is 0 Å². The predicted octanol–water partition coefficient (Wildman–Crippen LogP) is -0.0846. The van der Waals surface area contributed by atoms with Crippen LogP contribution in [0.1, 0.15) is 6.42 Å². The highest BCUT2D eigenvalue weighted by Gasteiger charge is 2.27. The Bertz CT molecular complexity index is 561. The van der Waals surface area contributed by atoms with Crippen molar-refractivity contribution in [2.24, 2.45) is 5.16 Å². The molecule has 1 aromatic rings. The van der Waals surface area contributed by atoms with Gasteiger partial charge in [-0.15, -0.1) is 0 Å². The average molecular weight is 337 g/mol. The number of rotatable bonds is 8. The molecule has 0 radical (unpaired) electrons. The third-order valence-corrected chi connectivity index (χ3v) is 3.54. The standard InChI is InChI=1S/C16H23N3O5/c1-22-13-3-5-14(6-4-13)24-10-12(20)9-18-16(21)15-7-11(8-17-15)19-23-2/h3-6,12,15,17,20H,7-10H2,1-2H3,(H,18,21). The molecule has 0 bridgehead atoms. The SMILES string of the molecule is CON=C1CNC(C(=O)NCC(O)COc2ccc(OC)cc2)C1. The van der Waals surface area contributed by atoms with Crippen LogP contribution in [-0.2, 0) is 9.63 Å². The molecule has 1 aromatic carbocycles. The molecule has 0 aromatic heterocycles. The summed E-state index contributed by atoms with van der Waals surface area (Å²) < 4.78 is 10.5. The molecule has 0 saturated carbocycles. The second kappa shape index (κ2) is 9.09. The first-order valence-corrected chi connectivity index (χ1v) is 7.67. The first-order valence-electron chi connectivity index (χ1n) is 7.67. The monoisotopic (exact) mass is 337 g/mol. The first-order chi connectivity index (χ1) is 11.6. The summed E-state index contributed by atoms with van der Waals surface area (Å²) in [6, 6.07) is 6.70. The Labute approximate surface area is 140 Å². The topological polar surface area (TPSA) is 101 Å². The molecule has 2 unspecified atom stereocenters. The Morgan fingerprint density at radius 3 is 2.75 bits per heavy atom. The molecule has 2 atom stereocenters. The van der Waals surface area contributed by atoms with Gasteiger partial charge < -0.3 is 30.1 Å². The van der Waals surface area contributed by atoms with Gasteiger partial charge in [-0.1, -0.05) is 5.16 Å². The van der Waals surface area contributed by atoms with Crippen molar-refractivity contribution in [3.8, 4) is 11.5 Å². The fourth-order valence-corrected chi connectivity index (χ4v) is 2.27. The molecule has 0 aliphatic carbocycles. The van der Waals surface area contributed by atoms with E-state index in [0.717, 1.165) is 11.5 Å². The zero-order valence-electron chi connectivity index (χ0n) is 13.8. The number of oxime groups is 1. The molecular formula is C16H23N3O5. The van der Waals surface area contributed by atoms with Crippen LogP contribution in [0.2, 0.25) is 0 Å². The van der Waals surface area contributed by atoms with Gasteiger partial charge in [0.05, 0.1) is 18.9 Å². The van der Waals surface area contributed by atoms with Crippen LogP contribution in [0.25, 0.3) is 0 Å². The summed E-state index contributed by atoms with van der Waals surface area (Å²) in [5.74, 6) is 1.18. The maximum Gasteiger partial charge on any atom is 0.237 e. The van der Waals surface area contributed by atoms with Gasteiger partial charge in [0.25, 0.3) is 0 Å². The number of hydrogen-bond donors (Lipinski definition) is 3. The number of amides is 1. The summed E-state index contributed by atoms with van der Waals surface area (Å²) in [6.07, 6.45) is -0.303. The number of nitrogens with zero attached hydrogens (tertiary/aromatic N) is 1. The van der Waals surface area contributed by atoms with Crippen LogP contribution in [0.3, 0.4) is 0 Å². The van der Waals surface area contributed by atoms with E-state index in [0.29, 0.717) is 18.7 Å².